The van der Waals surface area contributed by atoms with Crippen LogP contribution in [0, 0.1) is 5.92 Å². The Kier molecular flexibility index (Phi) is 4.70. The first kappa shape index (κ1) is 12.0. The molecule has 0 heterocycles. The molecule has 1 aliphatic rings. The van der Waals surface area contributed by atoms with Crippen LogP contribution in [0.1, 0.15) is 38.5 Å². The number of anilines is 1. The van der Waals surface area contributed by atoms with E-state index in [1.54, 1.807) is 0 Å². The van der Waals surface area contributed by atoms with Crippen LogP contribution in [0.4, 0.5) is 5.69 Å². The summed E-state index contributed by atoms with van der Waals surface area (Å²) in [6.45, 7) is 1.14. The van der Waals surface area contributed by atoms with Gasteiger partial charge < -0.3 is 5.32 Å². The molecule has 0 atom stereocenters. The van der Waals surface area contributed by atoms with E-state index >= 15 is 0 Å². The zero-order valence-corrected chi connectivity index (χ0v) is 11.3. The first-order chi connectivity index (χ1) is 7.84. The van der Waals surface area contributed by atoms with Gasteiger partial charge in [-0.25, -0.2) is 0 Å². The Morgan fingerprint density at radius 1 is 1.00 bits per heavy atom. The quantitative estimate of drug-likeness (QED) is 0.783. The molecule has 1 aromatic carbocycles. The molecule has 1 nitrogen and oxygen atoms in total. The smallest absolute Gasteiger partial charge is 0.0341 e. The van der Waals surface area contributed by atoms with Crippen molar-refractivity contribution < 1.29 is 0 Å². The van der Waals surface area contributed by atoms with E-state index in [1.165, 1.54) is 44.2 Å². The van der Waals surface area contributed by atoms with Crippen LogP contribution in [0.2, 0.25) is 0 Å². The molecule has 1 N–H and O–H groups in total. The Morgan fingerprint density at radius 2 is 1.62 bits per heavy atom. The van der Waals surface area contributed by atoms with E-state index in [1.807, 2.05) is 0 Å². The maximum Gasteiger partial charge on any atom is 0.0341 e. The van der Waals surface area contributed by atoms with E-state index in [4.69, 9.17) is 0 Å². The maximum absolute atomic E-state index is 3.55. The third kappa shape index (κ3) is 3.82. The number of benzene rings is 1. The molecule has 16 heavy (non-hydrogen) atoms. The van der Waals surface area contributed by atoms with Crippen LogP contribution in [0.5, 0.6) is 0 Å². The molecule has 88 valence electrons. The van der Waals surface area contributed by atoms with Gasteiger partial charge in [-0.1, -0.05) is 41.6 Å². The van der Waals surface area contributed by atoms with Crippen molar-refractivity contribution in [2.24, 2.45) is 5.92 Å². The van der Waals surface area contributed by atoms with Gasteiger partial charge >= 0.3 is 0 Å². The van der Waals surface area contributed by atoms with Gasteiger partial charge in [0.2, 0.25) is 0 Å². The van der Waals surface area contributed by atoms with Crippen molar-refractivity contribution in [3.05, 3.63) is 28.7 Å². The molecule has 1 aromatic rings. The van der Waals surface area contributed by atoms with Crippen molar-refractivity contribution in [1.29, 1.82) is 0 Å². The lowest BCUT2D eigenvalue weighted by atomic mass is 10.0. The molecule has 1 fully saturated rings. The Balaban J connectivity index is 1.79. The molecule has 0 amide bonds. The Hall–Kier alpha value is -0.500. The van der Waals surface area contributed by atoms with E-state index in [9.17, 15) is 0 Å². The van der Waals surface area contributed by atoms with E-state index in [-0.39, 0.29) is 0 Å². The summed E-state index contributed by atoms with van der Waals surface area (Å²) >= 11 is 3.46. The molecule has 1 aliphatic carbocycles. The van der Waals surface area contributed by atoms with E-state index in [0.717, 1.165) is 16.9 Å². The van der Waals surface area contributed by atoms with E-state index in [0.29, 0.717) is 0 Å². The van der Waals surface area contributed by atoms with Gasteiger partial charge in [0, 0.05) is 16.7 Å². The molecular formula is C14H20BrN. The highest BCUT2D eigenvalue weighted by Gasteiger charge is 2.11. The Morgan fingerprint density at radius 3 is 2.25 bits per heavy atom. The van der Waals surface area contributed by atoms with E-state index < -0.39 is 0 Å². The van der Waals surface area contributed by atoms with Gasteiger partial charge in [-0.05, 0) is 43.0 Å². The van der Waals surface area contributed by atoms with Gasteiger partial charge in [-0.3, -0.25) is 0 Å². The third-order valence-electron chi connectivity index (χ3n) is 3.41. The minimum Gasteiger partial charge on any atom is -0.385 e. The molecule has 0 bridgehead atoms. The number of nitrogens with one attached hydrogen (secondary N) is 1. The molecule has 0 saturated heterocycles. The van der Waals surface area contributed by atoms with Crippen LogP contribution in [0.25, 0.3) is 0 Å². The molecular weight excluding hydrogens is 262 g/mol. The van der Waals surface area contributed by atoms with Crippen LogP contribution in [0.15, 0.2) is 28.7 Å². The number of hydrogen-bond acceptors (Lipinski definition) is 1. The van der Waals surface area contributed by atoms with Crippen LogP contribution in [-0.2, 0) is 0 Å². The van der Waals surface area contributed by atoms with Crippen LogP contribution >= 0.6 is 15.9 Å². The second-order valence-electron chi connectivity index (χ2n) is 4.75. The summed E-state index contributed by atoms with van der Waals surface area (Å²) in [5.74, 6) is 0.881. The number of halogens is 1. The largest absolute Gasteiger partial charge is 0.385 e. The molecule has 0 aromatic heterocycles. The highest BCUT2D eigenvalue weighted by atomic mass is 79.9. The lowest BCUT2D eigenvalue weighted by Crippen LogP contribution is -2.13. The van der Waals surface area contributed by atoms with Crippen molar-refractivity contribution in [2.45, 2.75) is 38.5 Å². The monoisotopic (exact) mass is 281 g/mol. The van der Waals surface area contributed by atoms with Gasteiger partial charge in [-0.15, -0.1) is 0 Å². The Labute approximate surface area is 107 Å². The summed E-state index contributed by atoms with van der Waals surface area (Å²) in [5.41, 5.74) is 1.24. The van der Waals surface area contributed by atoms with Crippen molar-refractivity contribution in [3.63, 3.8) is 0 Å². The molecule has 2 heteroatoms. The fraction of sp³-hybridized carbons (Fsp3) is 0.571. The lowest BCUT2D eigenvalue weighted by Gasteiger charge is -2.15. The van der Waals surface area contributed by atoms with Gasteiger partial charge in [0.05, 0.1) is 0 Å². The summed E-state index contributed by atoms with van der Waals surface area (Å²) in [7, 11) is 0. The lowest BCUT2D eigenvalue weighted by molar-refractivity contribution is 0.483. The molecule has 2 rings (SSSR count). The molecule has 0 aliphatic heterocycles. The van der Waals surface area contributed by atoms with Gasteiger partial charge in [0.15, 0.2) is 0 Å². The van der Waals surface area contributed by atoms with Crippen molar-refractivity contribution in [3.8, 4) is 0 Å². The normalized spacial score (nSPS) is 18.1. The Bertz CT molecular complexity index is 299. The summed E-state index contributed by atoms with van der Waals surface area (Å²) in [6, 6.07) is 8.46. The minimum atomic E-state index is 0.881. The standard InChI is InChI=1S/C14H20BrN/c15-13-7-9-14(10-8-13)16-11-12-5-3-1-2-4-6-12/h7-10,12,16H,1-6,11H2. The van der Waals surface area contributed by atoms with Crippen molar-refractivity contribution >= 4 is 21.6 Å². The zero-order chi connectivity index (χ0) is 11.2. The first-order valence-corrected chi connectivity index (χ1v) is 7.13. The van der Waals surface area contributed by atoms with Gasteiger partial charge in [-0.2, -0.15) is 0 Å². The summed E-state index contributed by atoms with van der Waals surface area (Å²) < 4.78 is 1.15. The fourth-order valence-corrected chi connectivity index (χ4v) is 2.66. The maximum atomic E-state index is 3.55. The SMILES string of the molecule is Brc1ccc(NCC2CCCCCC2)cc1. The number of rotatable bonds is 3. The van der Waals surface area contributed by atoms with Crippen LogP contribution in [-0.4, -0.2) is 6.54 Å². The summed E-state index contributed by atoms with van der Waals surface area (Å²) in [6.07, 6.45) is 8.54. The second-order valence-corrected chi connectivity index (χ2v) is 5.66. The number of hydrogen-bond donors (Lipinski definition) is 1. The van der Waals surface area contributed by atoms with E-state index in [2.05, 4.69) is 45.5 Å². The summed E-state index contributed by atoms with van der Waals surface area (Å²) in [4.78, 5) is 0. The van der Waals surface area contributed by atoms with Crippen LogP contribution in [0.3, 0.4) is 0 Å². The van der Waals surface area contributed by atoms with Gasteiger partial charge in [0.25, 0.3) is 0 Å². The highest BCUT2D eigenvalue weighted by molar-refractivity contribution is 9.10. The molecule has 0 radical (unpaired) electrons. The average Bonchev–Trinajstić information content (AvgIpc) is 2.57. The minimum absolute atomic E-state index is 0.881. The first-order valence-electron chi connectivity index (χ1n) is 6.34. The molecule has 0 spiro atoms. The average molecular weight is 282 g/mol. The van der Waals surface area contributed by atoms with Crippen LogP contribution < -0.4 is 5.32 Å². The highest BCUT2D eigenvalue weighted by Crippen LogP contribution is 2.23. The predicted octanol–water partition coefficient (Wildman–Crippen LogP) is 4.83. The molecule has 1 saturated carbocycles. The zero-order valence-electron chi connectivity index (χ0n) is 9.71. The summed E-state index contributed by atoms with van der Waals surface area (Å²) in [5, 5.41) is 3.55. The predicted molar refractivity (Wildman–Crippen MR) is 73.8 cm³/mol. The van der Waals surface area contributed by atoms with Crippen molar-refractivity contribution in [1.82, 2.24) is 0 Å². The second kappa shape index (κ2) is 6.29. The van der Waals surface area contributed by atoms with Gasteiger partial charge in [0.1, 0.15) is 0 Å². The van der Waals surface area contributed by atoms with Crippen molar-refractivity contribution in [2.75, 3.05) is 11.9 Å². The fourth-order valence-electron chi connectivity index (χ4n) is 2.40. The third-order valence-corrected chi connectivity index (χ3v) is 3.94. The molecule has 0 unspecified atom stereocenters. The topological polar surface area (TPSA) is 12.0 Å².